The third kappa shape index (κ3) is 3.86. The largest absolute Gasteiger partial charge is 0.299 e. The molecule has 15 heavy (non-hydrogen) atoms. The number of ketones is 1. The van der Waals surface area contributed by atoms with Crippen LogP contribution in [0.2, 0.25) is 0 Å². The van der Waals surface area contributed by atoms with E-state index in [0.29, 0.717) is 5.78 Å². The number of Topliss-reactive ketones (excluding diaryl/α,β-unsaturated/α-hetero) is 1. The first-order valence-electron chi connectivity index (χ1n) is 5.61. The van der Waals surface area contributed by atoms with Crippen LogP contribution in [0.15, 0.2) is 12.3 Å². The van der Waals surface area contributed by atoms with Gasteiger partial charge in [0.2, 0.25) is 0 Å². The van der Waals surface area contributed by atoms with Crippen LogP contribution in [0.3, 0.4) is 0 Å². The zero-order chi connectivity index (χ0) is 11.3. The van der Waals surface area contributed by atoms with Gasteiger partial charge in [-0.3, -0.25) is 9.48 Å². The average Bonchev–Trinajstić information content (AvgIpc) is 2.58. The summed E-state index contributed by atoms with van der Waals surface area (Å²) in [6, 6.07) is 2.03. The van der Waals surface area contributed by atoms with Crippen LogP contribution in [-0.4, -0.2) is 15.6 Å². The van der Waals surface area contributed by atoms with Crippen molar-refractivity contribution in [3.8, 4) is 0 Å². The highest BCUT2D eigenvalue weighted by Gasteiger charge is 2.06. The number of aromatic nitrogens is 2. The Balaban J connectivity index is 2.18. The second kappa shape index (κ2) is 5.69. The third-order valence-electron chi connectivity index (χ3n) is 2.67. The van der Waals surface area contributed by atoms with Gasteiger partial charge in [0, 0.05) is 31.3 Å². The summed E-state index contributed by atoms with van der Waals surface area (Å²) in [5, 5.41) is 4.11. The van der Waals surface area contributed by atoms with Crippen LogP contribution in [0.5, 0.6) is 0 Å². The molecule has 0 saturated heterocycles. The van der Waals surface area contributed by atoms with Crippen molar-refractivity contribution in [2.24, 2.45) is 13.0 Å². The van der Waals surface area contributed by atoms with Crippen molar-refractivity contribution >= 4 is 5.78 Å². The Morgan fingerprint density at radius 3 is 2.73 bits per heavy atom. The van der Waals surface area contributed by atoms with E-state index in [9.17, 15) is 4.79 Å². The van der Waals surface area contributed by atoms with Crippen LogP contribution in [0.4, 0.5) is 0 Å². The standard InChI is InChI=1S/C12H20N2O/c1-10(2)12(15)7-5-4-6-11-8-9-13-14(11)3/h8-10H,4-7H2,1-3H3. The fraction of sp³-hybridized carbons (Fsp3) is 0.667. The van der Waals surface area contributed by atoms with Crippen molar-refractivity contribution in [1.82, 2.24) is 9.78 Å². The lowest BCUT2D eigenvalue weighted by atomic mass is 10.0. The number of hydrogen-bond acceptors (Lipinski definition) is 2. The number of carbonyl (C=O) groups excluding carboxylic acids is 1. The van der Waals surface area contributed by atoms with E-state index in [1.54, 1.807) is 0 Å². The summed E-state index contributed by atoms with van der Waals surface area (Å²) in [6.45, 7) is 3.92. The van der Waals surface area contributed by atoms with Gasteiger partial charge in [0.25, 0.3) is 0 Å². The monoisotopic (exact) mass is 208 g/mol. The lowest BCUT2D eigenvalue weighted by Crippen LogP contribution is -2.06. The molecule has 0 aromatic carbocycles. The minimum atomic E-state index is 0.182. The Morgan fingerprint density at radius 1 is 1.47 bits per heavy atom. The predicted octanol–water partition coefficient (Wildman–Crippen LogP) is 2.36. The first-order chi connectivity index (χ1) is 7.11. The molecule has 1 aromatic rings. The van der Waals surface area contributed by atoms with E-state index < -0.39 is 0 Å². The molecule has 3 heteroatoms. The molecule has 0 N–H and O–H groups in total. The van der Waals surface area contributed by atoms with Crippen molar-refractivity contribution < 1.29 is 4.79 Å². The summed E-state index contributed by atoms with van der Waals surface area (Å²) in [4.78, 5) is 11.4. The maximum Gasteiger partial charge on any atom is 0.135 e. The molecule has 0 unspecified atom stereocenters. The normalized spacial score (nSPS) is 10.9. The lowest BCUT2D eigenvalue weighted by Gasteiger charge is -2.04. The molecule has 1 aromatic heterocycles. The SMILES string of the molecule is CC(C)C(=O)CCCCc1ccnn1C. The van der Waals surface area contributed by atoms with Gasteiger partial charge in [0.05, 0.1) is 0 Å². The van der Waals surface area contributed by atoms with Crippen molar-refractivity contribution in [3.05, 3.63) is 18.0 Å². The van der Waals surface area contributed by atoms with Gasteiger partial charge >= 0.3 is 0 Å². The first kappa shape index (κ1) is 12.0. The van der Waals surface area contributed by atoms with Crippen molar-refractivity contribution in [1.29, 1.82) is 0 Å². The summed E-state index contributed by atoms with van der Waals surface area (Å²) in [5.41, 5.74) is 1.24. The lowest BCUT2D eigenvalue weighted by molar-refractivity contribution is -0.122. The number of nitrogens with zero attached hydrogens (tertiary/aromatic N) is 2. The topological polar surface area (TPSA) is 34.9 Å². The van der Waals surface area contributed by atoms with Crippen molar-refractivity contribution in [2.75, 3.05) is 0 Å². The van der Waals surface area contributed by atoms with Crippen molar-refractivity contribution in [2.45, 2.75) is 39.5 Å². The fourth-order valence-electron chi connectivity index (χ4n) is 1.54. The molecule has 0 aliphatic heterocycles. The Morgan fingerprint density at radius 2 is 2.20 bits per heavy atom. The molecule has 0 amide bonds. The van der Waals surface area contributed by atoms with Crippen LogP contribution in [-0.2, 0) is 18.3 Å². The summed E-state index contributed by atoms with van der Waals surface area (Å²) < 4.78 is 1.89. The van der Waals surface area contributed by atoms with E-state index in [2.05, 4.69) is 5.10 Å². The van der Waals surface area contributed by atoms with E-state index in [0.717, 1.165) is 25.7 Å². The van der Waals surface area contributed by atoms with Crippen LogP contribution >= 0.6 is 0 Å². The minimum Gasteiger partial charge on any atom is -0.299 e. The van der Waals surface area contributed by atoms with E-state index in [4.69, 9.17) is 0 Å². The van der Waals surface area contributed by atoms with Gasteiger partial charge in [-0.05, 0) is 25.3 Å². The molecule has 0 radical (unpaired) electrons. The highest BCUT2D eigenvalue weighted by atomic mass is 16.1. The fourth-order valence-corrected chi connectivity index (χ4v) is 1.54. The molecule has 0 fully saturated rings. The Hall–Kier alpha value is -1.12. The van der Waals surface area contributed by atoms with Crippen LogP contribution < -0.4 is 0 Å². The quantitative estimate of drug-likeness (QED) is 0.673. The number of unbranched alkanes of at least 4 members (excludes halogenated alkanes) is 1. The summed E-state index contributed by atoms with van der Waals surface area (Å²) in [7, 11) is 1.95. The molecule has 0 atom stereocenters. The molecule has 0 aliphatic rings. The molecule has 0 spiro atoms. The average molecular weight is 208 g/mol. The summed E-state index contributed by atoms with van der Waals surface area (Å²) in [5.74, 6) is 0.557. The van der Waals surface area contributed by atoms with Gasteiger partial charge in [-0.1, -0.05) is 13.8 Å². The molecule has 0 aliphatic carbocycles. The molecule has 0 saturated carbocycles. The number of carbonyl (C=O) groups is 1. The molecule has 0 bridgehead atoms. The number of rotatable bonds is 6. The van der Waals surface area contributed by atoms with E-state index in [1.807, 2.05) is 37.8 Å². The number of aryl methyl sites for hydroxylation is 2. The number of hydrogen-bond donors (Lipinski definition) is 0. The van der Waals surface area contributed by atoms with Gasteiger partial charge in [0.15, 0.2) is 0 Å². The van der Waals surface area contributed by atoms with Crippen LogP contribution in [0.25, 0.3) is 0 Å². The van der Waals surface area contributed by atoms with E-state index in [1.165, 1.54) is 5.69 Å². The minimum absolute atomic E-state index is 0.182. The first-order valence-corrected chi connectivity index (χ1v) is 5.61. The Kier molecular flexibility index (Phi) is 4.53. The Labute approximate surface area is 91.5 Å². The molecule has 3 nitrogen and oxygen atoms in total. The van der Waals surface area contributed by atoms with Gasteiger partial charge in [0.1, 0.15) is 5.78 Å². The van der Waals surface area contributed by atoms with Gasteiger partial charge in [-0.25, -0.2) is 0 Å². The maximum absolute atomic E-state index is 11.4. The van der Waals surface area contributed by atoms with Crippen molar-refractivity contribution in [3.63, 3.8) is 0 Å². The zero-order valence-electron chi connectivity index (χ0n) is 9.86. The van der Waals surface area contributed by atoms with E-state index in [-0.39, 0.29) is 5.92 Å². The summed E-state index contributed by atoms with van der Waals surface area (Å²) >= 11 is 0. The van der Waals surface area contributed by atoms with E-state index >= 15 is 0 Å². The zero-order valence-corrected chi connectivity index (χ0v) is 9.86. The van der Waals surface area contributed by atoms with Crippen LogP contribution in [0, 0.1) is 5.92 Å². The third-order valence-corrected chi connectivity index (χ3v) is 2.67. The van der Waals surface area contributed by atoms with Crippen LogP contribution in [0.1, 0.15) is 38.8 Å². The molecular formula is C12H20N2O. The molecule has 1 rings (SSSR count). The molecular weight excluding hydrogens is 188 g/mol. The van der Waals surface area contributed by atoms with Gasteiger partial charge in [-0.2, -0.15) is 5.10 Å². The summed E-state index contributed by atoms with van der Waals surface area (Å²) in [6.07, 6.45) is 5.60. The highest BCUT2D eigenvalue weighted by molar-refractivity contribution is 5.80. The maximum atomic E-state index is 11.4. The molecule has 84 valence electrons. The Bertz CT molecular complexity index is 315. The van der Waals surface area contributed by atoms with Gasteiger partial charge < -0.3 is 0 Å². The van der Waals surface area contributed by atoms with Gasteiger partial charge in [-0.15, -0.1) is 0 Å². The highest BCUT2D eigenvalue weighted by Crippen LogP contribution is 2.08. The predicted molar refractivity (Wildman–Crippen MR) is 60.6 cm³/mol. The second-order valence-corrected chi connectivity index (χ2v) is 4.27. The molecule has 1 heterocycles. The second-order valence-electron chi connectivity index (χ2n) is 4.27. The smallest absolute Gasteiger partial charge is 0.135 e.